The van der Waals surface area contributed by atoms with E-state index in [9.17, 15) is 4.79 Å². The normalized spacial score (nSPS) is 12.8. The van der Waals surface area contributed by atoms with Gasteiger partial charge in [-0.3, -0.25) is 4.79 Å². The number of hydrogen-bond acceptors (Lipinski definition) is 3. The number of primary amides is 1. The Kier molecular flexibility index (Phi) is 4.24. The van der Waals surface area contributed by atoms with Crippen molar-refractivity contribution in [3.05, 3.63) is 23.8 Å². The molecule has 1 amide bonds. The first-order valence-corrected chi connectivity index (χ1v) is 6.16. The van der Waals surface area contributed by atoms with Gasteiger partial charge in [0.2, 0.25) is 5.91 Å². The Bertz CT molecular complexity index is 391. The van der Waals surface area contributed by atoms with E-state index < -0.39 is 5.91 Å². The van der Waals surface area contributed by atoms with Gasteiger partial charge in [0, 0.05) is 15.8 Å². The molecule has 0 fully saturated rings. The van der Waals surface area contributed by atoms with E-state index in [-0.39, 0.29) is 0 Å². The van der Waals surface area contributed by atoms with Crippen molar-refractivity contribution in [2.24, 2.45) is 11.7 Å². The van der Waals surface area contributed by atoms with Gasteiger partial charge in [0.15, 0.2) is 0 Å². The highest BCUT2D eigenvalue weighted by Gasteiger charge is 2.16. The number of hydrogen-bond donors (Lipinski definition) is 2. The molecule has 16 heavy (non-hydrogen) atoms. The molecule has 88 valence electrons. The standard InChI is InChI=1S/C12H18N2OS/c1-7(2)8(3)16-11-9(12(14)15)5-4-6-10(11)13/h4-8H,13H2,1-3H3,(H2,14,15). The van der Waals surface area contributed by atoms with Gasteiger partial charge in [-0.2, -0.15) is 0 Å². The number of nitrogens with two attached hydrogens (primary N) is 2. The van der Waals surface area contributed by atoms with Gasteiger partial charge in [-0.15, -0.1) is 11.8 Å². The quantitative estimate of drug-likeness (QED) is 0.625. The molecule has 1 rings (SSSR count). The van der Waals surface area contributed by atoms with Gasteiger partial charge >= 0.3 is 0 Å². The SMILES string of the molecule is CC(C)C(C)Sc1c(N)cccc1C(N)=O. The van der Waals surface area contributed by atoms with Gasteiger partial charge in [-0.05, 0) is 18.1 Å². The topological polar surface area (TPSA) is 69.1 Å². The predicted molar refractivity (Wildman–Crippen MR) is 69.5 cm³/mol. The summed E-state index contributed by atoms with van der Waals surface area (Å²) >= 11 is 1.61. The molecule has 0 radical (unpaired) electrons. The number of carbonyl (C=O) groups is 1. The van der Waals surface area contributed by atoms with E-state index in [1.54, 1.807) is 30.0 Å². The molecular formula is C12H18N2OS. The highest BCUT2D eigenvalue weighted by molar-refractivity contribution is 8.00. The van der Waals surface area contributed by atoms with Crippen LogP contribution in [0.4, 0.5) is 5.69 Å². The van der Waals surface area contributed by atoms with Gasteiger partial charge in [-0.1, -0.05) is 26.8 Å². The maximum atomic E-state index is 11.3. The van der Waals surface area contributed by atoms with Crippen LogP contribution < -0.4 is 11.5 Å². The second kappa shape index (κ2) is 5.25. The van der Waals surface area contributed by atoms with Crippen LogP contribution in [0.1, 0.15) is 31.1 Å². The molecule has 4 heteroatoms. The summed E-state index contributed by atoms with van der Waals surface area (Å²) in [7, 11) is 0. The second-order valence-electron chi connectivity index (χ2n) is 4.16. The third-order valence-electron chi connectivity index (χ3n) is 2.55. The van der Waals surface area contributed by atoms with Crippen LogP contribution in [0.15, 0.2) is 23.1 Å². The first kappa shape index (κ1) is 12.9. The van der Waals surface area contributed by atoms with Crippen LogP contribution in [-0.2, 0) is 0 Å². The largest absolute Gasteiger partial charge is 0.398 e. The van der Waals surface area contributed by atoms with Crippen LogP contribution in [0.25, 0.3) is 0 Å². The fraction of sp³-hybridized carbons (Fsp3) is 0.417. The molecular weight excluding hydrogens is 220 g/mol. The second-order valence-corrected chi connectivity index (χ2v) is 5.54. The summed E-state index contributed by atoms with van der Waals surface area (Å²) in [5, 5.41) is 0.391. The monoisotopic (exact) mass is 238 g/mol. The number of benzene rings is 1. The van der Waals surface area contributed by atoms with Crippen molar-refractivity contribution >= 4 is 23.4 Å². The van der Waals surface area contributed by atoms with Crippen LogP contribution in [0.3, 0.4) is 0 Å². The lowest BCUT2D eigenvalue weighted by Gasteiger charge is -2.17. The van der Waals surface area contributed by atoms with E-state index in [0.717, 1.165) is 4.90 Å². The summed E-state index contributed by atoms with van der Waals surface area (Å²) < 4.78 is 0. The lowest BCUT2D eigenvalue weighted by Crippen LogP contribution is -2.15. The van der Waals surface area contributed by atoms with Gasteiger partial charge in [0.05, 0.1) is 5.56 Å². The number of rotatable bonds is 4. The lowest BCUT2D eigenvalue weighted by molar-refractivity contribution is 0.0997. The Morgan fingerprint density at radius 2 is 1.94 bits per heavy atom. The molecule has 1 aromatic carbocycles. The molecule has 0 spiro atoms. The van der Waals surface area contributed by atoms with Crippen LogP contribution in [-0.4, -0.2) is 11.2 Å². The van der Waals surface area contributed by atoms with Crippen molar-refractivity contribution in [1.29, 1.82) is 0 Å². The van der Waals surface area contributed by atoms with Gasteiger partial charge in [0.1, 0.15) is 0 Å². The Hall–Kier alpha value is -1.16. The molecule has 1 aromatic rings. The van der Waals surface area contributed by atoms with E-state index in [4.69, 9.17) is 11.5 Å². The third kappa shape index (κ3) is 2.92. The minimum absolute atomic E-state index is 0.391. The van der Waals surface area contributed by atoms with Crippen LogP contribution in [0, 0.1) is 5.92 Å². The summed E-state index contributed by atoms with van der Waals surface area (Å²) in [6, 6.07) is 5.26. The fourth-order valence-electron chi connectivity index (χ4n) is 1.20. The molecule has 0 saturated carbocycles. The molecule has 0 aromatic heterocycles. The molecule has 0 bridgehead atoms. The average Bonchev–Trinajstić information content (AvgIpc) is 2.20. The first-order chi connectivity index (χ1) is 7.43. The summed E-state index contributed by atoms with van der Waals surface area (Å²) in [4.78, 5) is 12.1. The minimum atomic E-state index is -0.425. The summed E-state index contributed by atoms with van der Waals surface area (Å²) in [6.45, 7) is 6.40. The van der Waals surface area contributed by atoms with E-state index in [1.807, 2.05) is 0 Å². The number of carbonyl (C=O) groups excluding carboxylic acids is 1. The van der Waals surface area contributed by atoms with E-state index in [2.05, 4.69) is 20.8 Å². The van der Waals surface area contributed by atoms with E-state index in [1.165, 1.54) is 0 Å². The fourth-order valence-corrected chi connectivity index (χ4v) is 2.35. The number of anilines is 1. The number of amides is 1. The predicted octanol–water partition coefficient (Wildman–Crippen LogP) is 2.50. The molecule has 0 aliphatic rings. The zero-order chi connectivity index (χ0) is 12.3. The van der Waals surface area contributed by atoms with Crippen LogP contribution in [0.5, 0.6) is 0 Å². The van der Waals surface area contributed by atoms with Crippen molar-refractivity contribution in [2.45, 2.75) is 30.9 Å². The number of thioether (sulfide) groups is 1. The highest BCUT2D eigenvalue weighted by atomic mass is 32.2. The Morgan fingerprint density at radius 3 is 2.44 bits per heavy atom. The van der Waals surface area contributed by atoms with Crippen molar-refractivity contribution in [3.63, 3.8) is 0 Å². The molecule has 1 unspecified atom stereocenters. The summed E-state index contributed by atoms with van der Waals surface area (Å²) in [5.41, 5.74) is 12.3. The summed E-state index contributed by atoms with van der Waals surface area (Å²) in [6.07, 6.45) is 0. The molecule has 0 saturated heterocycles. The van der Waals surface area contributed by atoms with E-state index in [0.29, 0.717) is 22.4 Å². The van der Waals surface area contributed by atoms with Gasteiger partial charge in [0.25, 0.3) is 0 Å². The Morgan fingerprint density at radius 1 is 1.31 bits per heavy atom. The van der Waals surface area contributed by atoms with Crippen molar-refractivity contribution in [3.8, 4) is 0 Å². The molecule has 0 aliphatic carbocycles. The third-order valence-corrected chi connectivity index (χ3v) is 4.16. The smallest absolute Gasteiger partial charge is 0.249 e. The average molecular weight is 238 g/mol. The minimum Gasteiger partial charge on any atom is -0.398 e. The maximum Gasteiger partial charge on any atom is 0.249 e. The highest BCUT2D eigenvalue weighted by Crippen LogP contribution is 2.34. The Labute approximate surface area is 101 Å². The zero-order valence-corrected chi connectivity index (χ0v) is 10.7. The maximum absolute atomic E-state index is 11.3. The molecule has 0 aliphatic heterocycles. The van der Waals surface area contributed by atoms with Crippen molar-refractivity contribution in [2.75, 3.05) is 5.73 Å². The lowest BCUT2D eigenvalue weighted by atomic mass is 10.1. The zero-order valence-electron chi connectivity index (χ0n) is 9.86. The molecule has 0 heterocycles. The molecule has 4 N–H and O–H groups in total. The van der Waals surface area contributed by atoms with Gasteiger partial charge < -0.3 is 11.5 Å². The van der Waals surface area contributed by atoms with Crippen molar-refractivity contribution in [1.82, 2.24) is 0 Å². The van der Waals surface area contributed by atoms with Crippen molar-refractivity contribution < 1.29 is 4.79 Å². The molecule has 3 nitrogen and oxygen atoms in total. The van der Waals surface area contributed by atoms with Crippen LogP contribution >= 0.6 is 11.8 Å². The van der Waals surface area contributed by atoms with Crippen LogP contribution in [0.2, 0.25) is 0 Å². The van der Waals surface area contributed by atoms with Gasteiger partial charge in [-0.25, -0.2) is 0 Å². The van der Waals surface area contributed by atoms with E-state index >= 15 is 0 Å². The number of nitrogen functional groups attached to an aromatic ring is 1. The first-order valence-electron chi connectivity index (χ1n) is 5.28. The summed E-state index contributed by atoms with van der Waals surface area (Å²) in [5.74, 6) is 0.0936. The molecule has 1 atom stereocenters. The Balaban J connectivity index is 3.06.